The normalized spacial score (nSPS) is 17.7. The zero-order chi connectivity index (χ0) is 15.8. The highest BCUT2D eigenvalue weighted by molar-refractivity contribution is 7.99. The molecule has 1 fully saturated rings. The number of anilines is 1. The van der Waals surface area contributed by atoms with Crippen LogP contribution < -0.4 is 5.73 Å². The highest BCUT2D eigenvalue weighted by Gasteiger charge is 2.21. The van der Waals surface area contributed by atoms with Crippen LogP contribution in [-0.4, -0.2) is 39.6 Å². The number of hydrogen-bond acceptors (Lipinski definition) is 6. The number of aromatic nitrogens is 2. The molecule has 0 saturated carbocycles. The zero-order valence-corrected chi connectivity index (χ0v) is 14.6. The number of likely N-dealkylation sites (tertiary alicyclic amines) is 1. The number of thioether (sulfide) groups is 1. The molecule has 23 heavy (non-hydrogen) atoms. The highest BCUT2D eigenvalue weighted by atomic mass is 32.2. The number of thiophene rings is 1. The van der Waals surface area contributed by atoms with Crippen molar-refractivity contribution in [3.05, 3.63) is 10.4 Å². The minimum Gasteiger partial charge on any atom is -0.383 e. The van der Waals surface area contributed by atoms with E-state index in [0.29, 0.717) is 16.7 Å². The molecule has 1 aliphatic carbocycles. The number of fused-ring (bicyclic) bond motifs is 3. The van der Waals surface area contributed by atoms with Gasteiger partial charge in [-0.15, -0.1) is 11.3 Å². The molecule has 0 radical (unpaired) electrons. The van der Waals surface area contributed by atoms with E-state index >= 15 is 0 Å². The van der Waals surface area contributed by atoms with Crippen LogP contribution in [0.5, 0.6) is 0 Å². The maximum absolute atomic E-state index is 12.1. The average molecular weight is 348 g/mol. The monoisotopic (exact) mass is 348 g/mol. The molecule has 1 aliphatic heterocycles. The van der Waals surface area contributed by atoms with Gasteiger partial charge < -0.3 is 10.6 Å². The van der Waals surface area contributed by atoms with Crippen molar-refractivity contribution in [1.82, 2.24) is 14.9 Å². The van der Waals surface area contributed by atoms with Crippen LogP contribution in [0.3, 0.4) is 0 Å². The molecule has 2 aromatic rings. The van der Waals surface area contributed by atoms with Crippen LogP contribution in [0, 0.1) is 0 Å². The third-order valence-electron chi connectivity index (χ3n) is 4.61. The molecule has 0 atom stereocenters. The van der Waals surface area contributed by atoms with Gasteiger partial charge in [0.25, 0.3) is 0 Å². The summed E-state index contributed by atoms with van der Waals surface area (Å²) >= 11 is 3.15. The molecule has 7 heteroatoms. The number of nitrogens with zero attached hydrogens (tertiary/aromatic N) is 3. The molecule has 5 nitrogen and oxygen atoms in total. The Morgan fingerprint density at radius 3 is 2.78 bits per heavy atom. The van der Waals surface area contributed by atoms with Crippen molar-refractivity contribution in [3.8, 4) is 0 Å². The number of nitrogens with two attached hydrogens (primary N) is 1. The molecule has 4 rings (SSSR count). The van der Waals surface area contributed by atoms with Gasteiger partial charge in [-0.25, -0.2) is 9.97 Å². The lowest BCUT2D eigenvalue weighted by atomic mass is 9.97. The number of rotatable bonds is 3. The van der Waals surface area contributed by atoms with Gasteiger partial charge in [-0.3, -0.25) is 4.79 Å². The minimum atomic E-state index is 0.181. The molecule has 2 aliphatic rings. The van der Waals surface area contributed by atoms with Crippen molar-refractivity contribution in [3.63, 3.8) is 0 Å². The van der Waals surface area contributed by atoms with E-state index in [1.165, 1.54) is 35.0 Å². The highest BCUT2D eigenvalue weighted by Crippen LogP contribution is 2.38. The second-order valence-electron chi connectivity index (χ2n) is 6.16. The van der Waals surface area contributed by atoms with Gasteiger partial charge >= 0.3 is 0 Å². The summed E-state index contributed by atoms with van der Waals surface area (Å²) in [5.74, 6) is 1.15. The van der Waals surface area contributed by atoms with Crippen molar-refractivity contribution in [2.75, 3.05) is 24.6 Å². The third kappa shape index (κ3) is 2.92. The molecular formula is C16H20N4OS2. The standard InChI is InChI=1S/C16H20N4OS2/c17-14-13-10-5-1-2-6-11(10)23-15(13)19-16(18-14)22-9-12(21)20-7-3-4-8-20/h1-9H2,(H2,17,18,19). The molecule has 0 aromatic carbocycles. The quantitative estimate of drug-likeness (QED) is 0.682. The van der Waals surface area contributed by atoms with E-state index in [1.54, 1.807) is 11.3 Å². The van der Waals surface area contributed by atoms with Crippen LogP contribution in [0.25, 0.3) is 10.2 Å². The molecule has 0 spiro atoms. The summed E-state index contributed by atoms with van der Waals surface area (Å²) in [6, 6.07) is 0. The van der Waals surface area contributed by atoms with E-state index in [4.69, 9.17) is 5.73 Å². The fourth-order valence-electron chi connectivity index (χ4n) is 3.41. The first-order valence-electron chi connectivity index (χ1n) is 8.20. The Kier molecular flexibility index (Phi) is 4.15. The number of nitrogen functional groups attached to an aromatic ring is 1. The number of aryl methyl sites for hydroxylation is 2. The van der Waals surface area contributed by atoms with Crippen molar-refractivity contribution in [1.29, 1.82) is 0 Å². The van der Waals surface area contributed by atoms with Gasteiger partial charge in [-0.05, 0) is 44.1 Å². The Balaban J connectivity index is 1.55. The Hall–Kier alpha value is -1.34. The minimum absolute atomic E-state index is 0.181. The first-order valence-corrected chi connectivity index (χ1v) is 10.0. The molecule has 2 N–H and O–H groups in total. The Labute approximate surface area is 143 Å². The van der Waals surface area contributed by atoms with Gasteiger partial charge in [0.2, 0.25) is 5.91 Å². The first kappa shape index (κ1) is 15.2. The second-order valence-corrected chi connectivity index (χ2v) is 8.19. The van der Waals surface area contributed by atoms with Crippen molar-refractivity contribution in [2.24, 2.45) is 0 Å². The predicted octanol–water partition coefficient (Wildman–Crippen LogP) is 2.87. The van der Waals surface area contributed by atoms with Gasteiger partial charge in [-0.2, -0.15) is 0 Å². The number of carbonyl (C=O) groups excluding carboxylic acids is 1. The smallest absolute Gasteiger partial charge is 0.233 e. The van der Waals surface area contributed by atoms with E-state index in [2.05, 4.69) is 9.97 Å². The van der Waals surface area contributed by atoms with Crippen LogP contribution in [0.15, 0.2) is 5.16 Å². The fraction of sp³-hybridized carbons (Fsp3) is 0.562. The summed E-state index contributed by atoms with van der Waals surface area (Å²) in [7, 11) is 0. The fourth-order valence-corrected chi connectivity index (χ4v) is 5.49. The zero-order valence-electron chi connectivity index (χ0n) is 13.0. The van der Waals surface area contributed by atoms with E-state index in [0.717, 1.165) is 49.0 Å². The number of amides is 1. The number of carbonyl (C=O) groups is 1. The maximum atomic E-state index is 12.1. The van der Waals surface area contributed by atoms with Crippen molar-refractivity contribution in [2.45, 2.75) is 43.7 Å². The maximum Gasteiger partial charge on any atom is 0.233 e. The van der Waals surface area contributed by atoms with Gasteiger partial charge in [0.1, 0.15) is 10.6 Å². The predicted molar refractivity (Wildman–Crippen MR) is 95.0 cm³/mol. The van der Waals surface area contributed by atoms with E-state index in [-0.39, 0.29) is 5.91 Å². The molecule has 1 amide bonds. The van der Waals surface area contributed by atoms with Gasteiger partial charge in [0, 0.05) is 18.0 Å². The van der Waals surface area contributed by atoms with Crippen LogP contribution in [0.1, 0.15) is 36.1 Å². The van der Waals surface area contributed by atoms with E-state index in [9.17, 15) is 4.79 Å². The lowest BCUT2D eigenvalue weighted by molar-refractivity contribution is -0.127. The summed E-state index contributed by atoms with van der Waals surface area (Å²) < 4.78 is 0. The van der Waals surface area contributed by atoms with E-state index in [1.807, 2.05) is 4.90 Å². The Morgan fingerprint density at radius 2 is 1.96 bits per heavy atom. The number of hydrogen-bond donors (Lipinski definition) is 1. The van der Waals surface area contributed by atoms with Gasteiger partial charge in [0.15, 0.2) is 5.16 Å². The topological polar surface area (TPSA) is 72.1 Å². The molecular weight excluding hydrogens is 328 g/mol. The molecule has 3 heterocycles. The summed E-state index contributed by atoms with van der Waals surface area (Å²) in [5.41, 5.74) is 7.56. The summed E-state index contributed by atoms with van der Waals surface area (Å²) in [6.45, 7) is 1.78. The molecule has 1 saturated heterocycles. The average Bonchev–Trinajstić information content (AvgIpc) is 3.19. The second kappa shape index (κ2) is 6.28. The van der Waals surface area contributed by atoms with Gasteiger partial charge in [-0.1, -0.05) is 11.8 Å². The molecule has 122 valence electrons. The van der Waals surface area contributed by atoms with Crippen LogP contribution >= 0.6 is 23.1 Å². The lowest BCUT2D eigenvalue weighted by Gasteiger charge is -2.14. The summed E-state index contributed by atoms with van der Waals surface area (Å²) in [4.78, 5) is 25.6. The van der Waals surface area contributed by atoms with Crippen LogP contribution in [-0.2, 0) is 17.6 Å². The van der Waals surface area contributed by atoms with E-state index < -0.39 is 0 Å². The molecule has 0 unspecified atom stereocenters. The molecule has 2 aromatic heterocycles. The Bertz CT molecular complexity index is 752. The van der Waals surface area contributed by atoms with Crippen LogP contribution in [0.2, 0.25) is 0 Å². The first-order chi connectivity index (χ1) is 11.2. The molecule has 0 bridgehead atoms. The lowest BCUT2D eigenvalue weighted by Crippen LogP contribution is -2.29. The van der Waals surface area contributed by atoms with Crippen molar-refractivity contribution < 1.29 is 4.79 Å². The van der Waals surface area contributed by atoms with Crippen molar-refractivity contribution >= 4 is 45.0 Å². The summed E-state index contributed by atoms with van der Waals surface area (Å²) in [6.07, 6.45) is 6.92. The largest absolute Gasteiger partial charge is 0.383 e. The third-order valence-corrected chi connectivity index (χ3v) is 6.62. The summed E-state index contributed by atoms with van der Waals surface area (Å²) in [5, 5.41) is 1.68. The SMILES string of the molecule is Nc1nc(SCC(=O)N2CCCC2)nc2sc3c(c12)CCCC3. The Morgan fingerprint density at radius 1 is 1.17 bits per heavy atom. The van der Waals surface area contributed by atoms with Crippen LogP contribution in [0.4, 0.5) is 5.82 Å². The van der Waals surface area contributed by atoms with Gasteiger partial charge in [0.05, 0.1) is 11.1 Å².